The Morgan fingerprint density at radius 1 is 1.13 bits per heavy atom. The molecule has 2 atom stereocenters. The van der Waals surface area contributed by atoms with Crippen LogP contribution in [0.3, 0.4) is 0 Å². The van der Waals surface area contributed by atoms with Gasteiger partial charge in [0, 0.05) is 43.0 Å². The molecule has 31 heavy (non-hydrogen) atoms. The Labute approximate surface area is 182 Å². The van der Waals surface area contributed by atoms with Gasteiger partial charge in [-0.1, -0.05) is 0 Å². The standard InChI is InChI=1S/C24H29F2N3O2/c1-2-31-24(30)27-12-3-4-13-28-14-11-23-21(16-28)20-15-18(26)7-10-22(20)29(23)19-8-5-17(25)6-9-19/h5-10,15,21,23H,2-4,11-14,16H2,1H3,(H,27,30)/t21?,23-/m1/s1. The number of amides is 1. The lowest BCUT2D eigenvalue weighted by molar-refractivity contribution is 0.151. The summed E-state index contributed by atoms with van der Waals surface area (Å²) in [5, 5.41) is 2.75. The first kappa shape index (κ1) is 21.6. The van der Waals surface area contributed by atoms with E-state index in [2.05, 4.69) is 15.1 Å². The van der Waals surface area contributed by atoms with E-state index in [-0.39, 0.29) is 29.7 Å². The number of carbonyl (C=O) groups is 1. The van der Waals surface area contributed by atoms with Crippen molar-refractivity contribution in [2.75, 3.05) is 37.7 Å². The van der Waals surface area contributed by atoms with Crippen LogP contribution in [0.4, 0.5) is 25.0 Å². The number of nitrogens with one attached hydrogen (secondary N) is 1. The molecule has 1 unspecified atom stereocenters. The molecule has 1 fully saturated rings. The van der Waals surface area contributed by atoms with Crippen LogP contribution < -0.4 is 10.2 Å². The third-order valence-corrected chi connectivity index (χ3v) is 6.19. The maximum absolute atomic E-state index is 14.1. The van der Waals surface area contributed by atoms with Crippen LogP contribution in [0.15, 0.2) is 42.5 Å². The third-order valence-electron chi connectivity index (χ3n) is 6.19. The molecule has 5 nitrogen and oxygen atoms in total. The minimum atomic E-state index is -0.367. The number of piperidine rings is 1. The number of ether oxygens (including phenoxy) is 1. The van der Waals surface area contributed by atoms with E-state index >= 15 is 0 Å². The van der Waals surface area contributed by atoms with Crippen molar-refractivity contribution in [1.82, 2.24) is 10.2 Å². The SMILES string of the molecule is CCOC(=O)NCCCCN1CC[C@@H]2C(C1)c1cc(F)ccc1N2c1ccc(F)cc1. The van der Waals surface area contributed by atoms with Crippen molar-refractivity contribution in [3.05, 3.63) is 59.7 Å². The van der Waals surface area contributed by atoms with E-state index in [0.717, 1.165) is 55.8 Å². The van der Waals surface area contributed by atoms with Gasteiger partial charge in [-0.3, -0.25) is 0 Å². The van der Waals surface area contributed by atoms with E-state index in [1.165, 1.54) is 18.2 Å². The first-order valence-corrected chi connectivity index (χ1v) is 11.0. The molecule has 1 saturated heterocycles. The molecule has 0 bridgehead atoms. The van der Waals surface area contributed by atoms with Gasteiger partial charge in [0.1, 0.15) is 11.6 Å². The molecule has 1 amide bonds. The molecule has 0 spiro atoms. The molecule has 0 radical (unpaired) electrons. The average molecular weight is 430 g/mol. The highest BCUT2D eigenvalue weighted by Crippen LogP contribution is 2.48. The average Bonchev–Trinajstić information content (AvgIpc) is 3.07. The highest BCUT2D eigenvalue weighted by Gasteiger charge is 2.42. The number of halogens is 2. The number of hydrogen-bond donors (Lipinski definition) is 1. The van der Waals surface area contributed by atoms with Crippen molar-refractivity contribution in [2.24, 2.45) is 0 Å². The number of rotatable bonds is 7. The van der Waals surface area contributed by atoms with E-state index < -0.39 is 0 Å². The molecule has 2 heterocycles. The summed E-state index contributed by atoms with van der Waals surface area (Å²) >= 11 is 0. The summed E-state index contributed by atoms with van der Waals surface area (Å²) < 4.78 is 32.4. The van der Waals surface area contributed by atoms with Crippen molar-refractivity contribution >= 4 is 17.5 Å². The van der Waals surface area contributed by atoms with Crippen LogP contribution in [0.1, 0.15) is 37.7 Å². The van der Waals surface area contributed by atoms with Crippen molar-refractivity contribution in [3.8, 4) is 0 Å². The number of unbranched alkanes of at least 4 members (excludes halogenated alkanes) is 1. The van der Waals surface area contributed by atoms with Crippen molar-refractivity contribution in [1.29, 1.82) is 0 Å². The maximum atomic E-state index is 14.1. The van der Waals surface area contributed by atoms with Crippen LogP contribution in [0.2, 0.25) is 0 Å². The molecular weight excluding hydrogens is 400 g/mol. The summed E-state index contributed by atoms with van der Waals surface area (Å²) in [5.74, 6) is -0.270. The molecule has 2 aromatic carbocycles. The van der Waals surface area contributed by atoms with Crippen LogP contribution in [-0.2, 0) is 4.74 Å². The number of alkyl carbamates (subject to hydrolysis) is 1. The van der Waals surface area contributed by atoms with E-state index in [1.807, 2.05) is 6.07 Å². The van der Waals surface area contributed by atoms with Gasteiger partial charge in [-0.05, 0) is 80.8 Å². The summed E-state index contributed by atoms with van der Waals surface area (Å²) in [6.45, 7) is 5.53. The van der Waals surface area contributed by atoms with E-state index in [0.29, 0.717) is 13.2 Å². The molecular formula is C24H29F2N3O2. The van der Waals surface area contributed by atoms with Gasteiger partial charge in [-0.15, -0.1) is 0 Å². The van der Waals surface area contributed by atoms with Gasteiger partial charge in [0.2, 0.25) is 0 Å². The van der Waals surface area contributed by atoms with Crippen LogP contribution in [0.5, 0.6) is 0 Å². The number of carbonyl (C=O) groups excluding carboxylic acids is 1. The van der Waals surface area contributed by atoms with Gasteiger partial charge in [-0.25, -0.2) is 13.6 Å². The van der Waals surface area contributed by atoms with Crippen LogP contribution in [-0.4, -0.2) is 49.8 Å². The Morgan fingerprint density at radius 3 is 2.68 bits per heavy atom. The lowest BCUT2D eigenvalue weighted by Crippen LogP contribution is -2.45. The quantitative estimate of drug-likeness (QED) is 0.642. The zero-order valence-corrected chi connectivity index (χ0v) is 17.8. The van der Waals surface area contributed by atoms with E-state index in [1.54, 1.807) is 25.1 Å². The number of benzene rings is 2. The van der Waals surface area contributed by atoms with Gasteiger partial charge in [0.25, 0.3) is 0 Å². The fraction of sp³-hybridized carbons (Fsp3) is 0.458. The predicted molar refractivity (Wildman–Crippen MR) is 117 cm³/mol. The van der Waals surface area contributed by atoms with Crippen molar-refractivity contribution < 1.29 is 18.3 Å². The van der Waals surface area contributed by atoms with Crippen LogP contribution in [0.25, 0.3) is 0 Å². The third kappa shape index (κ3) is 4.82. The van der Waals surface area contributed by atoms with Gasteiger partial charge >= 0.3 is 6.09 Å². The summed E-state index contributed by atoms with van der Waals surface area (Å²) in [7, 11) is 0. The zero-order chi connectivity index (χ0) is 21.8. The highest BCUT2D eigenvalue weighted by atomic mass is 19.1. The molecule has 2 aromatic rings. The number of anilines is 2. The number of likely N-dealkylation sites (tertiary alicyclic amines) is 1. The first-order chi connectivity index (χ1) is 15.1. The molecule has 4 rings (SSSR count). The molecule has 0 aliphatic carbocycles. The Balaban J connectivity index is 1.40. The molecule has 7 heteroatoms. The normalized spacial score (nSPS) is 20.3. The second-order valence-electron chi connectivity index (χ2n) is 8.17. The molecule has 0 saturated carbocycles. The molecule has 2 aliphatic rings. The van der Waals surface area contributed by atoms with Gasteiger partial charge in [-0.2, -0.15) is 0 Å². The Hall–Kier alpha value is -2.67. The lowest BCUT2D eigenvalue weighted by Gasteiger charge is -2.39. The Morgan fingerprint density at radius 2 is 1.90 bits per heavy atom. The Kier molecular flexibility index (Phi) is 6.70. The molecule has 2 aliphatic heterocycles. The van der Waals surface area contributed by atoms with Gasteiger partial charge in [0.05, 0.1) is 6.61 Å². The molecule has 1 N–H and O–H groups in total. The minimum absolute atomic E-state index is 0.210. The fourth-order valence-corrected chi connectivity index (χ4v) is 4.81. The fourth-order valence-electron chi connectivity index (χ4n) is 4.81. The monoisotopic (exact) mass is 429 g/mol. The van der Waals surface area contributed by atoms with Crippen molar-refractivity contribution in [2.45, 2.75) is 38.1 Å². The van der Waals surface area contributed by atoms with Gasteiger partial charge < -0.3 is 19.9 Å². The summed E-state index contributed by atoms with van der Waals surface area (Å²) in [5.41, 5.74) is 2.99. The second kappa shape index (κ2) is 9.64. The van der Waals surface area contributed by atoms with Crippen LogP contribution >= 0.6 is 0 Å². The van der Waals surface area contributed by atoms with E-state index in [4.69, 9.17) is 4.74 Å². The van der Waals surface area contributed by atoms with Crippen molar-refractivity contribution in [3.63, 3.8) is 0 Å². The largest absolute Gasteiger partial charge is 0.450 e. The first-order valence-electron chi connectivity index (χ1n) is 11.0. The molecule has 0 aromatic heterocycles. The van der Waals surface area contributed by atoms with E-state index in [9.17, 15) is 13.6 Å². The van der Waals surface area contributed by atoms with Crippen LogP contribution in [0, 0.1) is 11.6 Å². The number of hydrogen-bond acceptors (Lipinski definition) is 4. The summed E-state index contributed by atoms with van der Waals surface area (Å²) in [4.78, 5) is 16.0. The maximum Gasteiger partial charge on any atom is 0.407 e. The highest BCUT2D eigenvalue weighted by molar-refractivity contribution is 5.73. The number of nitrogens with zero attached hydrogens (tertiary/aromatic N) is 2. The van der Waals surface area contributed by atoms with Gasteiger partial charge in [0.15, 0.2) is 0 Å². The lowest BCUT2D eigenvalue weighted by atomic mass is 9.89. The molecule has 166 valence electrons. The second-order valence-corrected chi connectivity index (χ2v) is 8.17. The summed E-state index contributed by atoms with van der Waals surface area (Å²) in [6, 6.07) is 11.8. The predicted octanol–water partition coefficient (Wildman–Crippen LogP) is 4.80. The Bertz CT molecular complexity index is 906. The smallest absolute Gasteiger partial charge is 0.407 e. The minimum Gasteiger partial charge on any atom is -0.450 e. The summed E-state index contributed by atoms with van der Waals surface area (Å²) in [6.07, 6.45) is 2.45. The number of fused-ring (bicyclic) bond motifs is 3. The zero-order valence-electron chi connectivity index (χ0n) is 17.8. The topological polar surface area (TPSA) is 44.8 Å².